The molecule has 0 spiro atoms. The summed E-state index contributed by atoms with van der Waals surface area (Å²) in [4.78, 5) is 15.9. The molecule has 0 atom stereocenters. The molecule has 19 heavy (non-hydrogen) atoms. The third-order valence-electron chi connectivity index (χ3n) is 2.99. The van der Waals surface area contributed by atoms with Crippen molar-refractivity contribution in [2.24, 2.45) is 0 Å². The highest BCUT2D eigenvalue weighted by Gasteiger charge is 2.07. The van der Waals surface area contributed by atoms with E-state index in [0.717, 1.165) is 16.8 Å². The molecule has 0 aliphatic rings. The van der Waals surface area contributed by atoms with Gasteiger partial charge in [0.05, 0.1) is 30.1 Å². The predicted molar refractivity (Wildman–Crippen MR) is 72.0 cm³/mol. The molecule has 0 fully saturated rings. The number of carbonyl (C=O) groups excluding carboxylic acids is 1. The van der Waals surface area contributed by atoms with Crippen LogP contribution in [0, 0.1) is 0 Å². The molecule has 0 saturated carbocycles. The van der Waals surface area contributed by atoms with Crippen LogP contribution >= 0.6 is 0 Å². The Bertz CT molecular complexity index is 746. The number of hydrogen-bond acceptors (Lipinski definition) is 3. The summed E-state index contributed by atoms with van der Waals surface area (Å²) >= 11 is 0. The largest absolute Gasteiger partial charge is 0.465 e. The van der Waals surface area contributed by atoms with Crippen molar-refractivity contribution >= 4 is 11.5 Å². The van der Waals surface area contributed by atoms with Crippen LogP contribution in [0.3, 0.4) is 0 Å². The monoisotopic (exact) mass is 252 g/mol. The van der Waals surface area contributed by atoms with E-state index in [1.807, 2.05) is 41.1 Å². The second-order valence-corrected chi connectivity index (χ2v) is 4.19. The van der Waals surface area contributed by atoms with Gasteiger partial charge in [0.15, 0.2) is 0 Å². The number of carbonyl (C=O) groups is 1. The first-order chi connectivity index (χ1) is 9.28. The van der Waals surface area contributed by atoms with E-state index in [1.165, 1.54) is 7.11 Å². The molecule has 0 bridgehead atoms. The van der Waals surface area contributed by atoms with E-state index >= 15 is 0 Å². The first-order valence-electron chi connectivity index (χ1n) is 5.89. The van der Waals surface area contributed by atoms with Crippen molar-refractivity contribution < 1.29 is 9.53 Å². The molecule has 2 aromatic heterocycles. The Morgan fingerprint density at radius 1 is 1.26 bits per heavy atom. The summed E-state index contributed by atoms with van der Waals surface area (Å²) in [5.74, 6) is -0.344. The molecule has 0 radical (unpaired) electrons. The van der Waals surface area contributed by atoms with Crippen LogP contribution in [0.15, 0.2) is 55.0 Å². The second kappa shape index (κ2) is 4.57. The lowest BCUT2D eigenvalue weighted by Crippen LogP contribution is -2.01. The SMILES string of the molecule is COC(=O)c1cccc(-c2cn3cccc3cn2)c1. The molecular weight excluding hydrogens is 240 g/mol. The zero-order valence-electron chi connectivity index (χ0n) is 10.4. The van der Waals surface area contributed by atoms with Crippen molar-refractivity contribution in [2.75, 3.05) is 7.11 Å². The van der Waals surface area contributed by atoms with Crippen molar-refractivity contribution in [3.8, 4) is 11.3 Å². The molecule has 0 aliphatic carbocycles. The van der Waals surface area contributed by atoms with Crippen molar-refractivity contribution in [3.63, 3.8) is 0 Å². The number of hydrogen-bond donors (Lipinski definition) is 0. The van der Waals surface area contributed by atoms with Gasteiger partial charge in [-0.25, -0.2) is 4.79 Å². The molecule has 0 aliphatic heterocycles. The van der Waals surface area contributed by atoms with Crippen LogP contribution in [-0.2, 0) is 4.74 Å². The van der Waals surface area contributed by atoms with Gasteiger partial charge in [0, 0.05) is 18.0 Å². The van der Waals surface area contributed by atoms with E-state index in [4.69, 9.17) is 4.74 Å². The van der Waals surface area contributed by atoms with Gasteiger partial charge in [-0.15, -0.1) is 0 Å². The summed E-state index contributed by atoms with van der Waals surface area (Å²) in [5, 5.41) is 0. The summed E-state index contributed by atoms with van der Waals surface area (Å²) in [7, 11) is 1.37. The van der Waals surface area contributed by atoms with Gasteiger partial charge in [0.1, 0.15) is 0 Å². The maximum absolute atomic E-state index is 11.5. The first-order valence-corrected chi connectivity index (χ1v) is 5.89. The Kier molecular flexibility index (Phi) is 2.76. The summed E-state index contributed by atoms with van der Waals surface area (Å²) < 4.78 is 6.71. The molecule has 1 aromatic carbocycles. The zero-order chi connectivity index (χ0) is 13.2. The summed E-state index contributed by atoms with van der Waals surface area (Å²) in [6.45, 7) is 0. The van der Waals surface area contributed by atoms with Crippen LogP contribution in [0.25, 0.3) is 16.8 Å². The van der Waals surface area contributed by atoms with Gasteiger partial charge >= 0.3 is 5.97 Å². The highest BCUT2D eigenvalue weighted by molar-refractivity contribution is 5.90. The van der Waals surface area contributed by atoms with Crippen LogP contribution in [0.4, 0.5) is 0 Å². The number of esters is 1. The molecule has 3 rings (SSSR count). The van der Waals surface area contributed by atoms with E-state index < -0.39 is 0 Å². The Morgan fingerprint density at radius 3 is 3.00 bits per heavy atom. The van der Waals surface area contributed by atoms with Crippen molar-refractivity contribution in [1.82, 2.24) is 9.38 Å². The molecule has 4 heteroatoms. The van der Waals surface area contributed by atoms with Crippen molar-refractivity contribution in [3.05, 3.63) is 60.6 Å². The lowest BCUT2D eigenvalue weighted by molar-refractivity contribution is 0.0601. The molecule has 4 nitrogen and oxygen atoms in total. The highest BCUT2D eigenvalue weighted by atomic mass is 16.5. The van der Waals surface area contributed by atoms with Crippen LogP contribution in [-0.4, -0.2) is 22.5 Å². The third-order valence-corrected chi connectivity index (χ3v) is 2.99. The molecule has 94 valence electrons. The first kappa shape index (κ1) is 11.5. The van der Waals surface area contributed by atoms with Gasteiger partial charge in [-0.3, -0.25) is 4.98 Å². The van der Waals surface area contributed by atoms with E-state index in [9.17, 15) is 4.79 Å². The van der Waals surface area contributed by atoms with Gasteiger partial charge in [-0.2, -0.15) is 0 Å². The minimum atomic E-state index is -0.344. The number of aromatic nitrogens is 2. The topological polar surface area (TPSA) is 43.6 Å². The smallest absolute Gasteiger partial charge is 0.337 e. The Balaban J connectivity index is 2.07. The Hall–Kier alpha value is -2.62. The fourth-order valence-electron chi connectivity index (χ4n) is 2.01. The van der Waals surface area contributed by atoms with Crippen molar-refractivity contribution in [2.45, 2.75) is 0 Å². The molecule has 0 unspecified atom stereocenters. The highest BCUT2D eigenvalue weighted by Crippen LogP contribution is 2.19. The minimum absolute atomic E-state index is 0.344. The number of fused-ring (bicyclic) bond motifs is 1. The number of rotatable bonds is 2. The third kappa shape index (κ3) is 2.08. The molecule has 2 heterocycles. The molecule has 3 aromatic rings. The fraction of sp³-hybridized carbons (Fsp3) is 0.0667. The van der Waals surface area contributed by atoms with E-state index in [1.54, 1.807) is 18.3 Å². The molecule has 0 amide bonds. The standard InChI is InChI=1S/C15H12N2O2/c1-19-15(18)12-5-2-4-11(8-12)14-10-17-7-3-6-13(17)9-16-14/h2-10H,1H3. The summed E-state index contributed by atoms with van der Waals surface area (Å²) in [6.07, 6.45) is 5.70. The van der Waals surface area contributed by atoms with Gasteiger partial charge < -0.3 is 9.14 Å². The predicted octanol–water partition coefficient (Wildman–Crippen LogP) is 2.79. The number of nitrogens with zero attached hydrogens (tertiary/aromatic N) is 2. The normalized spacial score (nSPS) is 10.6. The van der Waals surface area contributed by atoms with Crippen LogP contribution in [0.5, 0.6) is 0 Å². The Labute approximate surface area is 110 Å². The van der Waals surface area contributed by atoms with E-state index in [2.05, 4.69) is 4.98 Å². The molecular formula is C15H12N2O2. The number of benzene rings is 1. The minimum Gasteiger partial charge on any atom is -0.465 e. The lowest BCUT2D eigenvalue weighted by atomic mass is 10.1. The van der Waals surface area contributed by atoms with Gasteiger partial charge in [-0.05, 0) is 24.3 Å². The van der Waals surface area contributed by atoms with Gasteiger partial charge in [0.25, 0.3) is 0 Å². The average Bonchev–Trinajstić information content (AvgIpc) is 2.94. The number of methoxy groups -OCH3 is 1. The van der Waals surface area contributed by atoms with Gasteiger partial charge in [-0.1, -0.05) is 12.1 Å². The summed E-state index contributed by atoms with van der Waals surface area (Å²) in [5.41, 5.74) is 3.26. The Morgan fingerprint density at radius 2 is 2.16 bits per heavy atom. The maximum Gasteiger partial charge on any atom is 0.337 e. The molecule has 0 N–H and O–H groups in total. The van der Waals surface area contributed by atoms with Crippen LogP contribution in [0.1, 0.15) is 10.4 Å². The molecule has 0 saturated heterocycles. The zero-order valence-corrected chi connectivity index (χ0v) is 10.4. The quantitative estimate of drug-likeness (QED) is 0.659. The lowest BCUT2D eigenvalue weighted by Gasteiger charge is -2.04. The van der Waals surface area contributed by atoms with Crippen molar-refractivity contribution in [1.29, 1.82) is 0 Å². The second-order valence-electron chi connectivity index (χ2n) is 4.19. The van der Waals surface area contributed by atoms with E-state index in [0.29, 0.717) is 5.56 Å². The average molecular weight is 252 g/mol. The van der Waals surface area contributed by atoms with Gasteiger partial charge in [0.2, 0.25) is 0 Å². The van der Waals surface area contributed by atoms with Crippen LogP contribution in [0.2, 0.25) is 0 Å². The van der Waals surface area contributed by atoms with Crippen LogP contribution < -0.4 is 0 Å². The summed E-state index contributed by atoms with van der Waals surface area (Å²) in [6, 6.07) is 11.2. The number of ether oxygens (including phenoxy) is 1. The maximum atomic E-state index is 11.5. The fourth-order valence-corrected chi connectivity index (χ4v) is 2.01. The van der Waals surface area contributed by atoms with E-state index in [-0.39, 0.29) is 5.97 Å².